The number of rotatable bonds is 20. The van der Waals surface area contributed by atoms with E-state index in [-0.39, 0.29) is 12.5 Å². The molecular weight excluding hydrogens is 439 g/mol. The summed E-state index contributed by atoms with van der Waals surface area (Å²) in [5, 5.41) is 6.50. The maximum atomic E-state index is 12.8. The van der Waals surface area contributed by atoms with Gasteiger partial charge in [0, 0.05) is 12.2 Å². The van der Waals surface area contributed by atoms with Crippen LogP contribution in [0.15, 0.2) is 6.07 Å². The third kappa shape index (κ3) is 14.0. The predicted octanol–water partition coefficient (Wildman–Crippen LogP) is 8.22. The molecule has 7 heteroatoms. The molecule has 0 aromatic carbocycles. The molecule has 1 aromatic heterocycles. The molecule has 0 saturated heterocycles. The van der Waals surface area contributed by atoms with E-state index < -0.39 is 17.8 Å². The fraction of sp³-hybridized carbons (Fsp3) is 0.852. The first-order chi connectivity index (χ1) is 16.3. The Labute approximate surface area is 205 Å². The van der Waals surface area contributed by atoms with E-state index in [2.05, 4.69) is 17.3 Å². The first-order valence-electron chi connectivity index (χ1n) is 13.6. The van der Waals surface area contributed by atoms with Gasteiger partial charge in [-0.3, -0.25) is 9.48 Å². The molecule has 1 unspecified atom stereocenters. The Bertz CT molecular complexity index is 658. The molecule has 198 valence electrons. The van der Waals surface area contributed by atoms with Crippen LogP contribution in [-0.4, -0.2) is 22.2 Å². The fourth-order valence-corrected chi connectivity index (χ4v) is 4.23. The summed E-state index contributed by atoms with van der Waals surface area (Å²) < 4.78 is 39.6. The van der Waals surface area contributed by atoms with Crippen LogP contribution in [0.1, 0.15) is 128 Å². The molecule has 0 spiro atoms. The summed E-state index contributed by atoms with van der Waals surface area (Å²) >= 11 is 0. The van der Waals surface area contributed by atoms with E-state index >= 15 is 0 Å². The number of nitrogens with zero attached hydrogens (tertiary/aromatic N) is 2. The van der Waals surface area contributed by atoms with Crippen molar-refractivity contribution >= 4 is 5.91 Å². The van der Waals surface area contributed by atoms with Crippen molar-refractivity contribution in [1.82, 2.24) is 15.1 Å². The molecule has 1 heterocycles. The molecule has 0 saturated carbocycles. The minimum atomic E-state index is -4.46. The van der Waals surface area contributed by atoms with Gasteiger partial charge in [0.1, 0.15) is 0 Å². The zero-order chi connectivity index (χ0) is 25.2. The predicted molar refractivity (Wildman–Crippen MR) is 134 cm³/mol. The number of aryl methyl sites for hydroxylation is 1. The number of nitrogens with one attached hydrogen (secondary N) is 1. The highest BCUT2D eigenvalue weighted by Gasteiger charge is 2.34. The number of alkyl halides is 3. The quantitative estimate of drug-likeness (QED) is 0.188. The molecule has 0 aliphatic heterocycles. The Morgan fingerprint density at radius 1 is 0.882 bits per heavy atom. The molecular formula is C27H48F3N3O. The lowest BCUT2D eigenvalue weighted by Gasteiger charge is -2.13. The third-order valence-electron chi connectivity index (χ3n) is 6.50. The Hall–Kier alpha value is -1.53. The maximum absolute atomic E-state index is 12.8. The van der Waals surface area contributed by atoms with E-state index in [0.29, 0.717) is 12.2 Å². The van der Waals surface area contributed by atoms with Gasteiger partial charge in [-0.05, 0) is 19.4 Å². The van der Waals surface area contributed by atoms with E-state index in [1.807, 2.05) is 0 Å². The SMILES string of the molecule is CCCCCCCCCCCCCCCCCCNC(=O)C(C)Cn1nc(C(F)(F)F)cc1C. The Morgan fingerprint density at radius 3 is 1.74 bits per heavy atom. The number of carbonyl (C=O) groups is 1. The van der Waals surface area contributed by atoms with Crippen LogP contribution in [0.25, 0.3) is 0 Å². The second kappa shape index (κ2) is 17.8. The van der Waals surface area contributed by atoms with Gasteiger partial charge in [0.2, 0.25) is 5.91 Å². The zero-order valence-electron chi connectivity index (χ0n) is 21.8. The van der Waals surface area contributed by atoms with Crippen LogP contribution < -0.4 is 5.32 Å². The van der Waals surface area contributed by atoms with Crippen molar-refractivity contribution in [3.8, 4) is 0 Å². The minimum Gasteiger partial charge on any atom is -0.356 e. The zero-order valence-corrected chi connectivity index (χ0v) is 21.8. The standard InChI is InChI=1S/C27H48F3N3O/c1-4-5-6-7-8-9-10-11-12-13-14-15-16-17-18-19-20-31-26(34)23(2)22-33-24(3)21-25(32-33)27(28,29)30/h21,23H,4-20,22H2,1-3H3,(H,31,34). The van der Waals surface area contributed by atoms with Crippen molar-refractivity contribution in [2.45, 2.75) is 136 Å². The summed E-state index contributed by atoms with van der Waals surface area (Å²) in [4.78, 5) is 12.2. The molecule has 34 heavy (non-hydrogen) atoms. The average molecular weight is 488 g/mol. The second-order valence-corrected chi connectivity index (χ2v) is 9.85. The maximum Gasteiger partial charge on any atom is 0.435 e. The van der Waals surface area contributed by atoms with E-state index in [0.717, 1.165) is 18.9 Å². The summed E-state index contributed by atoms with van der Waals surface area (Å²) in [6.45, 7) is 6.32. The molecule has 0 radical (unpaired) electrons. The molecule has 0 bridgehead atoms. The molecule has 0 aliphatic rings. The van der Waals surface area contributed by atoms with Crippen LogP contribution in [0.3, 0.4) is 0 Å². The second-order valence-electron chi connectivity index (χ2n) is 9.85. The summed E-state index contributed by atoms with van der Waals surface area (Å²) in [5.74, 6) is -0.565. The number of amides is 1. The van der Waals surface area contributed by atoms with Crippen molar-refractivity contribution in [2.75, 3.05) is 6.54 Å². The summed E-state index contributed by atoms with van der Waals surface area (Å²) in [7, 11) is 0. The number of hydrogen-bond donors (Lipinski definition) is 1. The largest absolute Gasteiger partial charge is 0.435 e. The summed E-state index contributed by atoms with van der Waals surface area (Å²) in [6.07, 6.45) is 16.5. The monoisotopic (exact) mass is 487 g/mol. The highest BCUT2D eigenvalue weighted by atomic mass is 19.4. The van der Waals surface area contributed by atoms with Crippen LogP contribution >= 0.6 is 0 Å². The summed E-state index contributed by atoms with van der Waals surface area (Å²) in [5.41, 5.74) is -0.504. The van der Waals surface area contributed by atoms with E-state index in [4.69, 9.17) is 0 Å². The molecule has 0 fully saturated rings. The van der Waals surface area contributed by atoms with Crippen molar-refractivity contribution in [2.24, 2.45) is 5.92 Å². The first-order valence-corrected chi connectivity index (χ1v) is 13.6. The fourth-order valence-electron chi connectivity index (χ4n) is 4.23. The molecule has 1 rings (SSSR count). The molecule has 1 amide bonds. The Morgan fingerprint density at radius 2 is 1.32 bits per heavy atom. The van der Waals surface area contributed by atoms with Crippen LogP contribution in [-0.2, 0) is 17.5 Å². The Balaban J connectivity index is 1.96. The van der Waals surface area contributed by atoms with Crippen LogP contribution in [0, 0.1) is 12.8 Å². The lowest BCUT2D eigenvalue weighted by Crippen LogP contribution is -2.32. The number of halogens is 3. The highest BCUT2D eigenvalue weighted by molar-refractivity contribution is 5.78. The van der Waals surface area contributed by atoms with Gasteiger partial charge in [-0.2, -0.15) is 18.3 Å². The van der Waals surface area contributed by atoms with Gasteiger partial charge in [-0.1, -0.05) is 110 Å². The van der Waals surface area contributed by atoms with E-state index in [1.165, 1.54) is 94.6 Å². The molecule has 1 aromatic rings. The van der Waals surface area contributed by atoms with E-state index in [9.17, 15) is 18.0 Å². The smallest absolute Gasteiger partial charge is 0.356 e. The van der Waals surface area contributed by atoms with Crippen LogP contribution in [0.5, 0.6) is 0 Å². The van der Waals surface area contributed by atoms with Crippen molar-refractivity contribution in [3.05, 3.63) is 17.5 Å². The van der Waals surface area contributed by atoms with Gasteiger partial charge in [0.25, 0.3) is 0 Å². The van der Waals surface area contributed by atoms with Crippen molar-refractivity contribution < 1.29 is 18.0 Å². The van der Waals surface area contributed by atoms with Gasteiger partial charge in [-0.25, -0.2) is 0 Å². The third-order valence-corrected chi connectivity index (χ3v) is 6.50. The molecule has 0 aliphatic carbocycles. The van der Waals surface area contributed by atoms with Gasteiger partial charge in [0.05, 0.1) is 12.5 Å². The van der Waals surface area contributed by atoms with E-state index in [1.54, 1.807) is 13.8 Å². The number of hydrogen-bond acceptors (Lipinski definition) is 2. The molecule has 4 nitrogen and oxygen atoms in total. The highest BCUT2D eigenvalue weighted by Crippen LogP contribution is 2.28. The first kappa shape index (κ1) is 30.5. The minimum absolute atomic E-state index is 0.135. The van der Waals surface area contributed by atoms with Crippen molar-refractivity contribution in [1.29, 1.82) is 0 Å². The number of unbranched alkanes of at least 4 members (excludes halogenated alkanes) is 15. The van der Waals surface area contributed by atoms with Gasteiger partial charge < -0.3 is 5.32 Å². The Kier molecular flexibility index (Phi) is 16.0. The lowest BCUT2D eigenvalue weighted by molar-refractivity contribution is -0.141. The number of carbonyl (C=O) groups excluding carboxylic acids is 1. The number of aromatic nitrogens is 2. The van der Waals surface area contributed by atoms with Gasteiger partial charge in [0.15, 0.2) is 5.69 Å². The van der Waals surface area contributed by atoms with Gasteiger partial charge >= 0.3 is 6.18 Å². The summed E-state index contributed by atoms with van der Waals surface area (Å²) in [6, 6.07) is 1.01. The van der Waals surface area contributed by atoms with Crippen molar-refractivity contribution in [3.63, 3.8) is 0 Å². The normalized spacial score (nSPS) is 12.8. The lowest BCUT2D eigenvalue weighted by atomic mass is 10.0. The molecule has 1 atom stereocenters. The van der Waals surface area contributed by atoms with Crippen LogP contribution in [0.4, 0.5) is 13.2 Å². The molecule has 1 N–H and O–H groups in total. The topological polar surface area (TPSA) is 46.9 Å². The van der Waals surface area contributed by atoms with Crippen LogP contribution in [0.2, 0.25) is 0 Å². The van der Waals surface area contributed by atoms with Gasteiger partial charge in [-0.15, -0.1) is 0 Å². The average Bonchev–Trinajstić information content (AvgIpc) is 3.16.